The highest BCUT2D eigenvalue weighted by atomic mass is 16.4. The van der Waals surface area contributed by atoms with E-state index in [2.05, 4.69) is 15.1 Å². The fourth-order valence-corrected chi connectivity index (χ4v) is 4.11. The van der Waals surface area contributed by atoms with Crippen molar-refractivity contribution in [1.82, 2.24) is 0 Å². The number of rotatable bonds is 4. The number of piperidine rings is 1. The number of carboxylic acids is 1. The molecule has 1 saturated heterocycles. The van der Waals surface area contributed by atoms with Gasteiger partial charge in [-0.05, 0) is 61.7 Å². The van der Waals surface area contributed by atoms with Crippen molar-refractivity contribution < 1.29 is 9.90 Å². The molecule has 4 rings (SSSR count). The van der Waals surface area contributed by atoms with Gasteiger partial charge in [-0.2, -0.15) is 5.11 Å². The summed E-state index contributed by atoms with van der Waals surface area (Å²) in [6, 6.07) is 13.0. The van der Waals surface area contributed by atoms with Crippen LogP contribution in [0.3, 0.4) is 0 Å². The number of nitrogens with two attached hydrogens (primary N) is 1. The second-order valence-corrected chi connectivity index (χ2v) is 7.59. The summed E-state index contributed by atoms with van der Waals surface area (Å²) < 4.78 is 0. The zero-order valence-corrected chi connectivity index (χ0v) is 16.7. The van der Waals surface area contributed by atoms with Gasteiger partial charge in [0.15, 0.2) is 0 Å². The third kappa shape index (κ3) is 3.57. The van der Waals surface area contributed by atoms with Crippen LogP contribution in [0.4, 0.5) is 28.4 Å². The Labute approximate surface area is 170 Å². The molecule has 2 aromatic carbocycles. The fraction of sp³-hybridized carbons (Fsp3) is 0.381. The molecule has 0 saturated carbocycles. The first-order valence-electron chi connectivity index (χ1n) is 9.81. The lowest BCUT2D eigenvalue weighted by Crippen LogP contribution is -2.44. The van der Waals surface area contributed by atoms with Gasteiger partial charge in [0.05, 0.1) is 17.1 Å². The topological polar surface area (TPSA) is 97.8 Å². The van der Waals surface area contributed by atoms with Gasteiger partial charge < -0.3 is 25.5 Å². The van der Waals surface area contributed by atoms with Crippen LogP contribution in [-0.2, 0) is 4.79 Å². The standard InChI is InChI=1S/C21H26N6O2/c1-25-17-11-6-14(22)13-19(17)26(2)21(25)24-23-15-7-9-16(10-8-15)27-12-4-3-5-18(27)20(28)29/h6-11,13,18,21H,3-5,12,22H2,1-2H3,(H,28,29). The maximum atomic E-state index is 11.5. The minimum Gasteiger partial charge on any atom is -0.480 e. The Morgan fingerprint density at radius 1 is 1.07 bits per heavy atom. The highest BCUT2D eigenvalue weighted by Crippen LogP contribution is 2.39. The van der Waals surface area contributed by atoms with Crippen LogP contribution in [0, 0.1) is 0 Å². The number of carboxylic acid groups (broad SMARTS) is 1. The van der Waals surface area contributed by atoms with Crippen molar-refractivity contribution in [3.63, 3.8) is 0 Å². The lowest BCUT2D eigenvalue weighted by molar-refractivity contribution is -0.139. The minimum atomic E-state index is -0.763. The van der Waals surface area contributed by atoms with Gasteiger partial charge in [0.2, 0.25) is 6.29 Å². The predicted molar refractivity (Wildman–Crippen MR) is 115 cm³/mol. The Kier molecular flexibility index (Phi) is 5.00. The first-order chi connectivity index (χ1) is 14.0. The van der Waals surface area contributed by atoms with Crippen LogP contribution >= 0.6 is 0 Å². The summed E-state index contributed by atoms with van der Waals surface area (Å²) in [4.78, 5) is 17.6. The van der Waals surface area contributed by atoms with Crippen LogP contribution in [0.5, 0.6) is 0 Å². The monoisotopic (exact) mass is 394 g/mol. The third-order valence-corrected chi connectivity index (χ3v) is 5.70. The lowest BCUT2D eigenvalue weighted by atomic mass is 10.0. The first-order valence-corrected chi connectivity index (χ1v) is 9.81. The minimum absolute atomic E-state index is 0.245. The molecule has 2 aliphatic rings. The average molecular weight is 394 g/mol. The predicted octanol–water partition coefficient (Wildman–Crippen LogP) is 3.67. The summed E-state index contributed by atoms with van der Waals surface area (Å²) in [5.41, 5.74) is 10.4. The van der Waals surface area contributed by atoms with Gasteiger partial charge >= 0.3 is 5.97 Å². The molecule has 2 unspecified atom stereocenters. The Balaban J connectivity index is 1.49. The van der Waals surface area contributed by atoms with E-state index >= 15 is 0 Å². The quantitative estimate of drug-likeness (QED) is 0.607. The van der Waals surface area contributed by atoms with E-state index in [0.717, 1.165) is 47.8 Å². The molecule has 0 spiro atoms. The molecule has 29 heavy (non-hydrogen) atoms. The Morgan fingerprint density at radius 3 is 2.52 bits per heavy atom. The van der Waals surface area contributed by atoms with Gasteiger partial charge in [0.1, 0.15) is 6.04 Å². The molecule has 2 aromatic rings. The zero-order valence-electron chi connectivity index (χ0n) is 16.7. The molecule has 0 bridgehead atoms. The zero-order chi connectivity index (χ0) is 20.5. The van der Waals surface area contributed by atoms with Crippen molar-refractivity contribution in [2.45, 2.75) is 31.6 Å². The summed E-state index contributed by atoms with van der Waals surface area (Å²) >= 11 is 0. The normalized spacial score (nSPS) is 21.7. The van der Waals surface area contributed by atoms with Crippen molar-refractivity contribution in [3.05, 3.63) is 42.5 Å². The summed E-state index contributed by atoms with van der Waals surface area (Å²) in [7, 11) is 3.95. The Hall–Kier alpha value is -3.29. The van der Waals surface area contributed by atoms with Gasteiger partial charge in [-0.1, -0.05) is 0 Å². The van der Waals surface area contributed by atoms with Crippen molar-refractivity contribution in [1.29, 1.82) is 0 Å². The van der Waals surface area contributed by atoms with Gasteiger partial charge in [0.25, 0.3) is 0 Å². The van der Waals surface area contributed by atoms with Crippen molar-refractivity contribution in [2.24, 2.45) is 10.2 Å². The molecule has 2 heterocycles. The molecule has 0 aromatic heterocycles. The summed E-state index contributed by atoms with van der Waals surface area (Å²) in [6.45, 7) is 0.761. The van der Waals surface area contributed by atoms with Crippen molar-refractivity contribution in [2.75, 3.05) is 41.1 Å². The molecule has 8 heteroatoms. The molecule has 2 aliphatic heterocycles. The van der Waals surface area contributed by atoms with Gasteiger partial charge in [-0.25, -0.2) is 4.79 Å². The smallest absolute Gasteiger partial charge is 0.326 e. The van der Waals surface area contributed by atoms with E-state index in [1.54, 1.807) is 0 Å². The van der Waals surface area contributed by atoms with Crippen LogP contribution in [0.25, 0.3) is 0 Å². The summed E-state index contributed by atoms with van der Waals surface area (Å²) in [6.07, 6.45) is 2.40. The van der Waals surface area contributed by atoms with Crippen LogP contribution in [0.2, 0.25) is 0 Å². The average Bonchev–Trinajstić information content (AvgIpc) is 2.96. The highest BCUT2D eigenvalue weighted by Gasteiger charge is 2.31. The number of carbonyl (C=O) groups is 1. The van der Waals surface area contributed by atoms with E-state index in [4.69, 9.17) is 5.73 Å². The first kappa shape index (κ1) is 19.0. The molecule has 1 fully saturated rings. The number of nitrogen functional groups attached to an aromatic ring is 1. The van der Waals surface area contributed by atoms with E-state index < -0.39 is 12.0 Å². The fourth-order valence-electron chi connectivity index (χ4n) is 4.11. The lowest BCUT2D eigenvalue weighted by Gasteiger charge is -2.34. The summed E-state index contributed by atoms with van der Waals surface area (Å²) in [5.74, 6) is -0.763. The van der Waals surface area contributed by atoms with Crippen LogP contribution in [0.1, 0.15) is 19.3 Å². The molecule has 3 N–H and O–H groups in total. The van der Waals surface area contributed by atoms with Crippen LogP contribution < -0.4 is 20.4 Å². The SMILES string of the molecule is CN1c2ccc(N)cc2N(C)C1N=Nc1ccc(N2CCCCC2C(=O)O)cc1. The molecule has 0 aliphatic carbocycles. The number of nitrogens with zero attached hydrogens (tertiary/aromatic N) is 5. The Morgan fingerprint density at radius 2 is 1.79 bits per heavy atom. The second kappa shape index (κ2) is 7.62. The number of anilines is 4. The maximum absolute atomic E-state index is 11.5. The molecule has 0 radical (unpaired) electrons. The second-order valence-electron chi connectivity index (χ2n) is 7.59. The number of hydrogen-bond donors (Lipinski definition) is 2. The number of azo groups is 1. The van der Waals surface area contributed by atoms with Gasteiger partial charge in [-0.3, -0.25) is 0 Å². The van der Waals surface area contributed by atoms with Gasteiger partial charge in [-0.15, -0.1) is 5.11 Å². The number of aliphatic carboxylic acids is 1. The van der Waals surface area contributed by atoms with Crippen LogP contribution in [0.15, 0.2) is 52.7 Å². The van der Waals surface area contributed by atoms with Crippen molar-refractivity contribution >= 4 is 34.4 Å². The van der Waals surface area contributed by atoms with E-state index in [1.165, 1.54) is 0 Å². The highest BCUT2D eigenvalue weighted by molar-refractivity contribution is 5.80. The van der Waals surface area contributed by atoms with E-state index in [-0.39, 0.29) is 6.29 Å². The maximum Gasteiger partial charge on any atom is 0.326 e. The Bertz CT molecular complexity index is 929. The number of hydrogen-bond acceptors (Lipinski definition) is 7. The number of benzene rings is 2. The summed E-state index contributed by atoms with van der Waals surface area (Å²) in [5, 5.41) is 18.4. The number of fused-ring (bicyclic) bond motifs is 1. The van der Waals surface area contributed by atoms with Crippen molar-refractivity contribution in [3.8, 4) is 0 Å². The van der Waals surface area contributed by atoms with E-state index in [1.807, 2.05) is 66.4 Å². The van der Waals surface area contributed by atoms with E-state index in [0.29, 0.717) is 6.42 Å². The molecular weight excluding hydrogens is 368 g/mol. The third-order valence-electron chi connectivity index (χ3n) is 5.70. The molecule has 2 atom stereocenters. The van der Waals surface area contributed by atoms with Crippen LogP contribution in [-0.4, -0.2) is 44.0 Å². The largest absolute Gasteiger partial charge is 0.480 e. The molecule has 152 valence electrons. The molecule has 8 nitrogen and oxygen atoms in total. The van der Waals surface area contributed by atoms with Gasteiger partial charge in [0, 0.05) is 32.0 Å². The van der Waals surface area contributed by atoms with E-state index in [9.17, 15) is 9.90 Å². The molecular formula is C21H26N6O2. The molecule has 0 amide bonds.